The summed E-state index contributed by atoms with van der Waals surface area (Å²) in [4.78, 5) is 0. The topological polar surface area (TPSA) is 47.9 Å². The van der Waals surface area contributed by atoms with Gasteiger partial charge in [-0.05, 0) is 12.8 Å². The van der Waals surface area contributed by atoms with Crippen molar-refractivity contribution in [3.63, 3.8) is 0 Å². The highest BCUT2D eigenvalue weighted by Crippen LogP contribution is 2.37. The summed E-state index contributed by atoms with van der Waals surface area (Å²) in [7, 11) is 2.25. The molecule has 0 aromatic carbocycles. The molecule has 3 fully saturated rings. The lowest BCUT2D eigenvalue weighted by atomic mass is 9.93. The number of hydrogen-bond donors (Lipinski definition) is 1. The number of hydrogen-bond acceptors (Lipinski definition) is 4. The Kier molecular flexibility index (Phi) is 14.9. The first-order valence-electron chi connectivity index (χ1n) is 14.8. The van der Waals surface area contributed by atoms with E-state index in [-0.39, 0.29) is 12.0 Å². The molecule has 0 aliphatic carbocycles. The van der Waals surface area contributed by atoms with Gasteiger partial charge in [-0.15, -0.1) is 0 Å². The van der Waals surface area contributed by atoms with Crippen molar-refractivity contribution < 1.29 is 22.9 Å². The first-order chi connectivity index (χ1) is 16.4. The van der Waals surface area contributed by atoms with Crippen molar-refractivity contribution in [1.82, 2.24) is 0 Å². The van der Waals surface area contributed by atoms with Gasteiger partial charge in [-0.3, -0.25) is 0 Å². The maximum Gasteiger partial charge on any atom is 0.501 e. The summed E-state index contributed by atoms with van der Waals surface area (Å²) in [5.74, 6) is 0. The fraction of sp³-hybridized carbons (Fsp3) is 1.00. The van der Waals surface area contributed by atoms with Gasteiger partial charge in [0.1, 0.15) is 0 Å². The molecule has 0 unspecified atom stereocenters. The molecule has 5 nitrogen and oxygen atoms in total. The molecule has 3 aliphatic rings. The van der Waals surface area contributed by atoms with Crippen LogP contribution in [0.3, 0.4) is 0 Å². The van der Waals surface area contributed by atoms with Crippen LogP contribution in [0, 0.1) is 5.41 Å². The monoisotopic (exact) mass is 500 g/mol. The van der Waals surface area contributed by atoms with Gasteiger partial charge >= 0.3 is 8.80 Å². The second kappa shape index (κ2) is 16.7. The summed E-state index contributed by atoms with van der Waals surface area (Å²) in [6.45, 7) is 6.59. The zero-order chi connectivity index (χ0) is 24.6. The highest BCUT2D eigenvalue weighted by molar-refractivity contribution is 6.61. The van der Waals surface area contributed by atoms with Gasteiger partial charge in [0.2, 0.25) is 0 Å². The number of aliphatic hydroxyl groups is 1. The Morgan fingerprint density at radius 2 is 1.00 bits per heavy atom. The minimum absolute atomic E-state index is 0.0840. The first-order valence-corrected chi connectivity index (χ1v) is 16.7. The molecule has 6 heteroatoms. The zero-order valence-corrected chi connectivity index (χ0v) is 24.1. The van der Waals surface area contributed by atoms with Crippen LogP contribution in [0.15, 0.2) is 0 Å². The standard InChI is InChI=1S/C28H58NO4Si/c1-4-5-6-7-8-9-10-11-12-13-14-15-16-17-18-19-21-29(2,3)22-20-23-34-31-25-28(24-30,26-32-34)27-33-34/h30H,4-27H2,1-3H3/q+1. The van der Waals surface area contributed by atoms with E-state index in [0.717, 1.165) is 23.5 Å². The van der Waals surface area contributed by atoms with Crippen molar-refractivity contribution >= 4 is 8.80 Å². The number of nitrogens with zero attached hydrogens (tertiary/aromatic N) is 1. The Hall–Kier alpha value is 0.0169. The fourth-order valence-corrected chi connectivity index (χ4v) is 8.17. The van der Waals surface area contributed by atoms with Crippen LogP contribution >= 0.6 is 0 Å². The lowest BCUT2D eigenvalue weighted by Gasteiger charge is -2.49. The van der Waals surface area contributed by atoms with E-state index in [1.54, 1.807) is 0 Å². The summed E-state index contributed by atoms with van der Waals surface area (Å²) in [6.07, 6.45) is 23.9. The Balaban J connectivity index is 1.36. The first kappa shape index (κ1) is 30.2. The largest absolute Gasteiger partial charge is 0.501 e. The van der Waals surface area contributed by atoms with Crippen LogP contribution in [0.2, 0.25) is 6.04 Å². The molecule has 0 aromatic rings. The van der Waals surface area contributed by atoms with Gasteiger partial charge in [-0.25, -0.2) is 0 Å². The van der Waals surface area contributed by atoms with Crippen molar-refractivity contribution in [3.8, 4) is 0 Å². The summed E-state index contributed by atoms with van der Waals surface area (Å²) >= 11 is 0. The van der Waals surface area contributed by atoms with E-state index in [1.165, 1.54) is 109 Å². The molecule has 0 saturated carbocycles. The second-order valence-corrected chi connectivity index (χ2v) is 14.7. The molecule has 2 bridgehead atoms. The van der Waals surface area contributed by atoms with Gasteiger partial charge in [0.05, 0.1) is 59.0 Å². The fourth-order valence-electron chi connectivity index (χ4n) is 5.32. The summed E-state index contributed by atoms with van der Waals surface area (Å²) in [6, 6.07) is 0.912. The number of unbranched alkanes of at least 4 members (excludes halogenated alkanes) is 15. The Morgan fingerprint density at radius 3 is 1.41 bits per heavy atom. The Labute approximate surface area is 212 Å². The Morgan fingerprint density at radius 1 is 0.618 bits per heavy atom. The SMILES string of the molecule is CCCCCCCCCCCCCCCCCC[N+](C)(C)CCC[Si]12OCC(CO)(CO1)CO2. The van der Waals surface area contributed by atoms with E-state index < -0.39 is 8.80 Å². The molecular formula is C28H58NO4Si+. The smallest absolute Gasteiger partial charge is 0.396 e. The van der Waals surface area contributed by atoms with Crippen molar-refractivity contribution in [2.45, 2.75) is 122 Å². The van der Waals surface area contributed by atoms with Crippen LogP contribution in [0.4, 0.5) is 0 Å². The van der Waals surface area contributed by atoms with Crippen LogP contribution in [-0.2, 0) is 13.3 Å². The molecule has 0 atom stereocenters. The molecule has 3 saturated heterocycles. The van der Waals surface area contributed by atoms with Gasteiger partial charge in [-0.2, -0.15) is 0 Å². The molecule has 3 heterocycles. The lowest BCUT2D eigenvalue weighted by molar-refractivity contribution is -0.890. The third-order valence-electron chi connectivity index (χ3n) is 7.99. The normalized spacial score (nSPS) is 24.7. The summed E-state index contributed by atoms with van der Waals surface area (Å²) in [5, 5.41) is 9.54. The lowest BCUT2D eigenvalue weighted by Crippen LogP contribution is -2.65. The number of aliphatic hydroxyl groups excluding tert-OH is 1. The molecule has 34 heavy (non-hydrogen) atoms. The highest BCUT2D eigenvalue weighted by atomic mass is 28.4. The highest BCUT2D eigenvalue weighted by Gasteiger charge is 2.56. The molecular weight excluding hydrogens is 442 g/mol. The molecule has 3 aliphatic heterocycles. The maximum absolute atomic E-state index is 9.54. The average Bonchev–Trinajstić information content (AvgIpc) is 2.84. The van der Waals surface area contributed by atoms with Crippen molar-refractivity contribution in [3.05, 3.63) is 0 Å². The third-order valence-corrected chi connectivity index (χ3v) is 10.7. The predicted octanol–water partition coefficient (Wildman–Crippen LogP) is 6.71. The quantitative estimate of drug-likeness (QED) is 0.102. The van der Waals surface area contributed by atoms with Crippen LogP contribution in [0.1, 0.15) is 116 Å². The van der Waals surface area contributed by atoms with Crippen molar-refractivity contribution in [2.75, 3.05) is 53.6 Å². The van der Waals surface area contributed by atoms with Crippen molar-refractivity contribution in [2.24, 2.45) is 5.41 Å². The van der Waals surface area contributed by atoms with Crippen LogP contribution in [0.25, 0.3) is 0 Å². The number of rotatable bonds is 22. The molecule has 0 radical (unpaired) electrons. The van der Waals surface area contributed by atoms with E-state index in [0.29, 0.717) is 19.8 Å². The predicted molar refractivity (Wildman–Crippen MR) is 144 cm³/mol. The average molecular weight is 501 g/mol. The Bertz CT molecular complexity index is 492. The van der Waals surface area contributed by atoms with Crippen LogP contribution in [0.5, 0.6) is 0 Å². The summed E-state index contributed by atoms with van der Waals surface area (Å²) in [5.41, 5.74) is -0.308. The zero-order valence-electron chi connectivity index (χ0n) is 23.1. The summed E-state index contributed by atoms with van der Waals surface area (Å²) < 4.78 is 19.1. The van der Waals surface area contributed by atoms with Crippen LogP contribution in [-0.4, -0.2) is 72.0 Å². The van der Waals surface area contributed by atoms with Crippen molar-refractivity contribution in [1.29, 1.82) is 0 Å². The van der Waals surface area contributed by atoms with Gasteiger partial charge in [0.15, 0.2) is 0 Å². The van der Waals surface area contributed by atoms with E-state index in [1.807, 2.05) is 0 Å². The van der Waals surface area contributed by atoms with E-state index >= 15 is 0 Å². The molecule has 202 valence electrons. The van der Waals surface area contributed by atoms with Crippen LogP contribution < -0.4 is 0 Å². The maximum atomic E-state index is 9.54. The van der Waals surface area contributed by atoms with Gasteiger partial charge in [0.25, 0.3) is 0 Å². The molecule has 0 aromatic heterocycles. The van der Waals surface area contributed by atoms with Gasteiger partial charge in [0, 0.05) is 12.5 Å². The molecule has 0 spiro atoms. The van der Waals surface area contributed by atoms with Gasteiger partial charge < -0.3 is 22.9 Å². The minimum atomic E-state index is -2.45. The number of quaternary nitrogens is 1. The van der Waals surface area contributed by atoms with Gasteiger partial charge in [-0.1, -0.05) is 96.8 Å². The minimum Gasteiger partial charge on any atom is -0.396 e. The molecule has 0 amide bonds. The third kappa shape index (κ3) is 11.8. The molecule has 3 rings (SSSR count). The van der Waals surface area contributed by atoms with E-state index in [4.69, 9.17) is 13.3 Å². The van der Waals surface area contributed by atoms with E-state index in [2.05, 4.69) is 21.0 Å². The molecule has 1 N–H and O–H groups in total. The van der Waals surface area contributed by atoms with E-state index in [9.17, 15) is 5.11 Å². The number of fused-ring (bicyclic) bond motifs is 3. The second-order valence-electron chi connectivity index (χ2n) is 12.0.